The van der Waals surface area contributed by atoms with Crippen LogP contribution in [0.25, 0.3) is 10.9 Å². The summed E-state index contributed by atoms with van der Waals surface area (Å²) < 4.78 is 35.3. The van der Waals surface area contributed by atoms with Crippen LogP contribution in [0.15, 0.2) is 60.8 Å². The highest BCUT2D eigenvalue weighted by molar-refractivity contribution is 5.87. The molecule has 4 nitrogen and oxygen atoms in total. The van der Waals surface area contributed by atoms with Gasteiger partial charge in [0.2, 0.25) is 5.88 Å². The number of halogens is 2. The van der Waals surface area contributed by atoms with E-state index in [2.05, 4.69) is 10.3 Å². The van der Waals surface area contributed by atoms with E-state index in [-0.39, 0.29) is 0 Å². The highest BCUT2D eigenvalue weighted by Gasteiger charge is 2.13. The number of nitrogens with one attached hydrogen (secondary N) is 1. The normalized spacial score (nSPS) is 11.0. The Morgan fingerprint density at radius 2 is 1.93 bits per heavy atom. The lowest BCUT2D eigenvalue weighted by Gasteiger charge is -2.11. The Morgan fingerprint density at radius 3 is 2.71 bits per heavy atom. The molecule has 4 aromatic rings. The first kappa shape index (κ1) is 18.0. The van der Waals surface area contributed by atoms with E-state index in [0.29, 0.717) is 23.7 Å². The Kier molecular flexibility index (Phi) is 4.69. The second-order valence-electron chi connectivity index (χ2n) is 6.53. The van der Waals surface area contributed by atoms with Gasteiger partial charge in [0.1, 0.15) is 17.4 Å². The zero-order chi connectivity index (χ0) is 19.7. The van der Waals surface area contributed by atoms with Crippen LogP contribution in [0.4, 0.5) is 14.5 Å². The van der Waals surface area contributed by atoms with Gasteiger partial charge >= 0.3 is 0 Å². The highest BCUT2D eigenvalue weighted by Crippen LogP contribution is 2.32. The van der Waals surface area contributed by atoms with Crippen molar-refractivity contribution >= 4 is 16.6 Å². The summed E-state index contributed by atoms with van der Waals surface area (Å²) in [7, 11) is 1.83. The average molecular weight is 379 g/mol. The lowest BCUT2D eigenvalue weighted by atomic mass is 10.2. The number of benzene rings is 2. The standard InChI is InChI=1S/C22H19F2N3O/c1-14-10-18-20(27(14)13-15-6-7-16(23)11-19(15)24)4-3-5-21(18)28-22-12-17(25-2)8-9-26-22/h3-12H,13H2,1-2H3,(H,25,26). The van der Waals surface area contributed by atoms with E-state index in [4.69, 9.17) is 4.74 Å². The molecule has 1 N–H and O–H groups in total. The van der Waals surface area contributed by atoms with Crippen LogP contribution in [0.2, 0.25) is 0 Å². The van der Waals surface area contributed by atoms with Crippen molar-refractivity contribution in [1.29, 1.82) is 0 Å². The first-order valence-corrected chi connectivity index (χ1v) is 8.89. The number of hydrogen-bond acceptors (Lipinski definition) is 3. The molecule has 2 heterocycles. The molecule has 0 aliphatic rings. The summed E-state index contributed by atoms with van der Waals surface area (Å²) in [6.07, 6.45) is 1.68. The van der Waals surface area contributed by atoms with Crippen molar-refractivity contribution in [2.75, 3.05) is 12.4 Å². The number of aromatic nitrogens is 2. The molecule has 0 saturated carbocycles. The van der Waals surface area contributed by atoms with Crippen LogP contribution >= 0.6 is 0 Å². The fourth-order valence-electron chi connectivity index (χ4n) is 3.24. The predicted octanol–water partition coefficient (Wildman–Crippen LogP) is 5.51. The van der Waals surface area contributed by atoms with Gasteiger partial charge in [0, 0.05) is 47.7 Å². The average Bonchev–Trinajstić information content (AvgIpc) is 3.00. The molecule has 0 aliphatic carbocycles. The monoisotopic (exact) mass is 379 g/mol. The minimum absolute atomic E-state index is 0.304. The summed E-state index contributed by atoms with van der Waals surface area (Å²) in [6.45, 7) is 2.25. The van der Waals surface area contributed by atoms with Crippen molar-refractivity contribution in [3.63, 3.8) is 0 Å². The molecule has 0 fully saturated rings. The van der Waals surface area contributed by atoms with Gasteiger partial charge < -0.3 is 14.6 Å². The number of nitrogens with zero attached hydrogens (tertiary/aromatic N) is 2. The first-order valence-electron chi connectivity index (χ1n) is 8.89. The van der Waals surface area contributed by atoms with Gasteiger partial charge in [0.15, 0.2) is 0 Å². The maximum atomic E-state index is 14.1. The van der Waals surface area contributed by atoms with Crippen molar-refractivity contribution in [2.45, 2.75) is 13.5 Å². The van der Waals surface area contributed by atoms with Gasteiger partial charge in [0.05, 0.1) is 12.1 Å². The molecule has 0 saturated heterocycles. The molecule has 0 atom stereocenters. The van der Waals surface area contributed by atoms with Crippen LogP contribution in [0.5, 0.6) is 11.6 Å². The SMILES string of the molecule is CNc1ccnc(Oc2cccc3c2cc(C)n3Cc2ccc(F)cc2F)c1. The molecule has 2 aromatic heterocycles. The quantitative estimate of drug-likeness (QED) is 0.497. The fourth-order valence-corrected chi connectivity index (χ4v) is 3.24. The second-order valence-corrected chi connectivity index (χ2v) is 6.53. The van der Waals surface area contributed by atoms with Crippen LogP contribution in [-0.4, -0.2) is 16.6 Å². The minimum Gasteiger partial charge on any atom is -0.438 e. The van der Waals surface area contributed by atoms with Crippen molar-refractivity contribution in [2.24, 2.45) is 0 Å². The van der Waals surface area contributed by atoms with Gasteiger partial charge in [-0.05, 0) is 37.3 Å². The molecule has 0 radical (unpaired) electrons. The number of rotatable bonds is 5. The summed E-state index contributed by atoms with van der Waals surface area (Å²) in [5.74, 6) is 0.0121. The van der Waals surface area contributed by atoms with Gasteiger partial charge in [-0.3, -0.25) is 0 Å². The lowest BCUT2D eigenvalue weighted by Crippen LogP contribution is -2.04. The molecular weight excluding hydrogens is 360 g/mol. The summed E-state index contributed by atoms with van der Waals surface area (Å²) in [5, 5.41) is 3.96. The number of anilines is 1. The predicted molar refractivity (Wildman–Crippen MR) is 106 cm³/mol. The Bertz CT molecular complexity index is 1150. The molecule has 0 amide bonds. The number of ether oxygens (including phenoxy) is 1. The third-order valence-corrected chi connectivity index (χ3v) is 4.69. The Hall–Kier alpha value is -3.41. The van der Waals surface area contributed by atoms with Crippen LogP contribution in [0.3, 0.4) is 0 Å². The van der Waals surface area contributed by atoms with Gasteiger partial charge in [-0.1, -0.05) is 12.1 Å². The van der Waals surface area contributed by atoms with E-state index in [9.17, 15) is 8.78 Å². The van der Waals surface area contributed by atoms with Crippen LogP contribution < -0.4 is 10.1 Å². The molecule has 6 heteroatoms. The molecule has 142 valence electrons. The first-order chi connectivity index (χ1) is 13.5. The third-order valence-electron chi connectivity index (χ3n) is 4.69. The molecule has 0 bridgehead atoms. The summed E-state index contributed by atoms with van der Waals surface area (Å²) in [4.78, 5) is 4.25. The van der Waals surface area contributed by atoms with E-state index in [1.807, 2.05) is 54.9 Å². The van der Waals surface area contributed by atoms with E-state index >= 15 is 0 Å². The van der Waals surface area contributed by atoms with Crippen LogP contribution in [0.1, 0.15) is 11.3 Å². The highest BCUT2D eigenvalue weighted by atomic mass is 19.1. The number of hydrogen-bond donors (Lipinski definition) is 1. The molecule has 0 spiro atoms. The maximum Gasteiger partial charge on any atom is 0.221 e. The molecule has 0 aliphatic heterocycles. The van der Waals surface area contributed by atoms with Crippen molar-refractivity contribution < 1.29 is 13.5 Å². The summed E-state index contributed by atoms with van der Waals surface area (Å²) in [6, 6.07) is 15.0. The van der Waals surface area contributed by atoms with Crippen LogP contribution in [-0.2, 0) is 6.54 Å². The van der Waals surface area contributed by atoms with E-state index < -0.39 is 11.6 Å². The number of fused-ring (bicyclic) bond motifs is 1. The number of pyridine rings is 1. The second kappa shape index (κ2) is 7.31. The van der Waals surface area contributed by atoms with E-state index in [1.165, 1.54) is 12.1 Å². The zero-order valence-electron chi connectivity index (χ0n) is 15.5. The lowest BCUT2D eigenvalue weighted by molar-refractivity contribution is 0.468. The summed E-state index contributed by atoms with van der Waals surface area (Å²) >= 11 is 0. The Labute approximate surface area is 161 Å². The van der Waals surface area contributed by atoms with Crippen LogP contribution in [0, 0.1) is 18.6 Å². The largest absolute Gasteiger partial charge is 0.438 e. The van der Waals surface area contributed by atoms with Gasteiger partial charge in [0.25, 0.3) is 0 Å². The van der Waals surface area contributed by atoms with E-state index in [1.54, 1.807) is 6.20 Å². The Morgan fingerprint density at radius 1 is 1.07 bits per heavy atom. The minimum atomic E-state index is -0.581. The van der Waals surface area contributed by atoms with Gasteiger partial charge in [-0.15, -0.1) is 0 Å². The van der Waals surface area contributed by atoms with Crippen molar-refractivity contribution in [1.82, 2.24) is 9.55 Å². The number of aryl methyl sites for hydroxylation is 1. The summed E-state index contributed by atoms with van der Waals surface area (Å²) in [5.41, 5.74) is 3.18. The topological polar surface area (TPSA) is 39.1 Å². The molecule has 4 rings (SSSR count). The smallest absolute Gasteiger partial charge is 0.221 e. The van der Waals surface area contributed by atoms with Crippen molar-refractivity contribution in [3.8, 4) is 11.6 Å². The zero-order valence-corrected chi connectivity index (χ0v) is 15.5. The Balaban J connectivity index is 1.72. The molecule has 0 unspecified atom stereocenters. The van der Waals surface area contributed by atoms with E-state index in [0.717, 1.165) is 28.4 Å². The molecular formula is C22H19F2N3O. The van der Waals surface area contributed by atoms with Gasteiger partial charge in [-0.2, -0.15) is 0 Å². The van der Waals surface area contributed by atoms with Crippen molar-refractivity contribution in [3.05, 3.63) is 83.7 Å². The van der Waals surface area contributed by atoms with Gasteiger partial charge in [-0.25, -0.2) is 13.8 Å². The molecule has 2 aromatic carbocycles. The third kappa shape index (κ3) is 3.41. The fraction of sp³-hybridized carbons (Fsp3) is 0.136. The maximum absolute atomic E-state index is 14.1. The molecule has 28 heavy (non-hydrogen) atoms.